The number of urea groups is 1. The number of aromatic nitrogens is 2. The Morgan fingerprint density at radius 3 is 2.96 bits per heavy atom. The first-order chi connectivity index (χ1) is 11.5. The summed E-state index contributed by atoms with van der Waals surface area (Å²) in [5, 5.41) is 8.16. The third kappa shape index (κ3) is 3.13. The molecule has 1 aromatic heterocycles. The molecule has 0 saturated heterocycles. The molecule has 0 unspecified atom stereocenters. The average Bonchev–Trinajstić information content (AvgIpc) is 2.96. The maximum atomic E-state index is 12.7. The summed E-state index contributed by atoms with van der Waals surface area (Å²) in [5.41, 5.74) is 3.30. The second-order valence-corrected chi connectivity index (χ2v) is 6.78. The van der Waals surface area contributed by atoms with E-state index in [1.165, 1.54) is 5.69 Å². The Hall–Kier alpha value is -2.01. The Labute approximate surface area is 147 Å². The largest absolute Gasteiger partial charge is 0.331 e. The predicted octanol–water partition coefficient (Wildman–Crippen LogP) is 3.85. The van der Waals surface area contributed by atoms with E-state index in [4.69, 9.17) is 11.6 Å². The third-order valence-corrected chi connectivity index (χ3v) is 5.27. The van der Waals surface area contributed by atoms with Gasteiger partial charge in [-0.25, -0.2) is 4.79 Å². The van der Waals surface area contributed by atoms with Gasteiger partial charge in [0.2, 0.25) is 0 Å². The van der Waals surface area contributed by atoms with Crippen LogP contribution in [-0.4, -0.2) is 27.8 Å². The van der Waals surface area contributed by atoms with E-state index in [0.29, 0.717) is 5.02 Å². The number of hydrogen-bond acceptors (Lipinski definition) is 2. The molecule has 1 aromatic carbocycles. The number of amides is 2. The fourth-order valence-corrected chi connectivity index (χ4v) is 3.60. The number of nitrogens with zero attached hydrogens (tertiary/aromatic N) is 3. The van der Waals surface area contributed by atoms with E-state index in [-0.39, 0.29) is 18.1 Å². The maximum Gasteiger partial charge on any atom is 0.318 e. The van der Waals surface area contributed by atoms with Gasteiger partial charge in [-0.05, 0) is 37.8 Å². The van der Waals surface area contributed by atoms with Gasteiger partial charge >= 0.3 is 6.03 Å². The van der Waals surface area contributed by atoms with Crippen molar-refractivity contribution in [3.63, 3.8) is 0 Å². The van der Waals surface area contributed by atoms with Crippen LogP contribution in [0.5, 0.6) is 0 Å². The summed E-state index contributed by atoms with van der Waals surface area (Å²) in [6, 6.07) is 7.46. The molecule has 1 aliphatic carbocycles. The lowest BCUT2D eigenvalue weighted by atomic mass is 9.93. The second-order valence-electron chi connectivity index (χ2n) is 6.37. The first kappa shape index (κ1) is 16.8. The highest BCUT2D eigenvalue weighted by Gasteiger charge is 2.27. The molecule has 5 nitrogen and oxygen atoms in total. The fraction of sp³-hybridized carbons (Fsp3) is 0.444. The molecule has 3 rings (SSSR count). The summed E-state index contributed by atoms with van der Waals surface area (Å²) in [4.78, 5) is 14.4. The summed E-state index contributed by atoms with van der Waals surface area (Å²) in [5.74, 6) is 0. The molecule has 24 heavy (non-hydrogen) atoms. The Morgan fingerprint density at radius 1 is 1.46 bits per heavy atom. The molecular formula is C18H23ClN4O. The van der Waals surface area contributed by atoms with Gasteiger partial charge in [-0.15, -0.1) is 0 Å². The van der Waals surface area contributed by atoms with Gasteiger partial charge in [-0.1, -0.05) is 29.8 Å². The monoisotopic (exact) mass is 346 g/mol. The van der Waals surface area contributed by atoms with Crippen molar-refractivity contribution >= 4 is 17.6 Å². The Bertz CT molecular complexity index is 742. The molecular weight excluding hydrogens is 324 g/mol. The highest BCUT2D eigenvalue weighted by molar-refractivity contribution is 6.31. The van der Waals surface area contributed by atoms with Gasteiger partial charge in [-0.2, -0.15) is 5.10 Å². The molecule has 0 aliphatic heterocycles. The van der Waals surface area contributed by atoms with E-state index in [1.807, 2.05) is 49.1 Å². The number of halogens is 1. The summed E-state index contributed by atoms with van der Waals surface area (Å²) in [6.45, 7) is 1.98. The van der Waals surface area contributed by atoms with Crippen molar-refractivity contribution in [3.05, 3.63) is 52.3 Å². The molecule has 2 atom stereocenters. The first-order valence-corrected chi connectivity index (χ1v) is 8.65. The minimum absolute atomic E-state index is 0.0239. The minimum Gasteiger partial charge on any atom is -0.331 e. The van der Waals surface area contributed by atoms with Crippen LogP contribution in [0.2, 0.25) is 5.02 Å². The second kappa shape index (κ2) is 6.85. The lowest BCUT2D eigenvalue weighted by Crippen LogP contribution is -2.41. The number of hydrogen-bond donors (Lipinski definition) is 1. The zero-order valence-corrected chi connectivity index (χ0v) is 15.0. The predicted molar refractivity (Wildman–Crippen MR) is 95.0 cm³/mol. The van der Waals surface area contributed by atoms with E-state index in [0.717, 1.165) is 30.4 Å². The number of aryl methyl sites for hydroxylation is 1. The van der Waals surface area contributed by atoms with Gasteiger partial charge in [0.15, 0.2) is 0 Å². The molecule has 6 heteroatoms. The zero-order chi connectivity index (χ0) is 17.3. The summed E-state index contributed by atoms with van der Waals surface area (Å²) in [6.07, 6.45) is 4.89. The number of benzene rings is 1. The smallest absolute Gasteiger partial charge is 0.318 e. The van der Waals surface area contributed by atoms with Gasteiger partial charge < -0.3 is 10.2 Å². The highest BCUT2D eigenvalue weighted by Crippen LogP contribution is 2.30. The van der Waals surface area contributed by atoms with Gasteiger partial charge in [0, 0.05) is 30.4 Å². The van der Waals surface area contributed by atoms with Crippen molar-refractivity contribution in [2.75, 3.05) is 7.05 Å². The Morgan fingerprint density at radius 2 is 2.21 bits per heavy atom. The molecule has 128 valence electrons. The van der Waals surface area contributed by atoms with Crippen molar-refractivity contribution in [1.29, 1.82) is 0 Å². The molecule has 2 amide bonds. The van der Waals surface area contributed by atoms with Gasteiger partial charge in [0.1, 0.15) is 0 Å². The van der Waals surface area contributed by atoms with Crippen molar-refractivity contribution in [3.8, 4) is 0 Å². The van der Waals surface area contributed by atoms with E-state index < -0.39 is 0 Å². The van der Waals surface area contributed by atoms with Gasteiger partial charge in [0.05, 0.1) is 18.3 Å². The molecule has 0 fully saturated rings. The van der Waals surface area contributed by atoms with Crippen LogP contribution < -0.4 is 5.32 Å². The topological polar surface area (TPSA) is 50.2 Å². The van der Waals surface area contributed by atoms with Crippen LogP contribution in [-0.2, 0) is 13.5 Å². The number of rotatable bonds is 3. The van der Waals surface area contributed by atoms with Crippen molar-refractivity contribution < 1.29 is 4.79 Å². The van der Waals surface area contributed by atoms with Crippen LogP contribution >= 0.6 is 11.6 Å². The first-order valence-electron chi connectivity index (χ1n) is 8.27. The summed E-state index contributed by atoms with van der Waals surface area (Å²) >= 11 is 6.26. The van der Waals surface area contributed by atoms with E-state index in [1.54, 1.807) is 11.9 Å². The van der Waals surface area contributed by atoms with Crippen molar-refractivity contribution in [1.82, 2.24) is 20.0 Å². The van der Waals surface area contributed by atoms with Crippen LogP contribution in [0.15, 0.2) is 30.5 Å². The molecule has 0 bridgehead atoms. The Kier molecular flexibility index (Phi) is 4.81. The van der Waals surface area contributed by atoms with E-state index in [2.05, 4.69) is 10.4 Å². The molecule has 0 radical (unpaired) electrons. The average molecular weight is 347 g/mol. The standard InChI is InChI=1S/C18H23ClN4O/c1-12(13-7-4-5-8-15(13)19)22(2)18(24)21-16-9-6-10-17-14(16)11-20-23(17)3/h4-5,7-8,11-12,16H,6,9-10H2,1-3H3,(H,21,24)/t12-,16+/m1/s1. The van der Waals surface area contributed by atoms with Crippen molar-refractivity contribution in [2.24, 2.45) is 7.05 Å². The van der Waals surface area contributed by atoms with Gasteiger partial charge in [-0.3, -0.25) is 4.68 Å². The molecule has 1 heterocycles. The normalized spacial score (nSPS) is 17.9. The maximum absolute atomic E-state index is 12.7. The lowest BCUT2D eigenvalue weighted by Gasteiger charge is -2.30. The minimum atomic E-state index is -0.101. The molecule has 1 N–H and O–H groups in total. The molecule has 2 aromatic rings. The third-order valence-electron chi connectivity index (χ3n) is 4.93. The number of nitrogens with one attached hydrogen (secondary N) is 1. The number of fused-ring (bicyclic) bond motifs is 1. The highest BCUT2D eigenvalue weighted by atomic mass is 35.5. The number of carbonyl (C=O) groups is 1. The SMILES string of the molecule is C[C@H](c1ccccc1Cl)N(C)C(=O)N[C@H]1CCCc2c1cnn2C. The molecule has 0 saturated carbocycles. The molecule has 1 aliphatic rings. The van der Waals surface area contributed by atoms with Gasteiger partial charge in [0.25, 0.3) is 0 Å². The number of carbonyl (C=O) groups excluding carboxylic acids is 1. The van der Waals surface area contributed by atoms with Crippen LogP contribution in [0.1, 0.15) is 48.7 Å². The quantitative estimate of drug-likeness (QED) is 0.917. The zero-order valence-electron chi connectivity index (χ0n) is 14.3. The van der Waals surface area contributed by atoms with E-state index in [9.17, 15) is 4.79 Å². The molecule has 0 spiro atoms. The fourth-order valence-electron chi connectivity index (χ4n) is 3.31. The van der Waals surface area contributed by atoms with Crippen LogP contribution in [0, 0.1) is 0 Å². The Balaban J connectivity index is 1.72. The lowest BCUT2D eigenvalue weighted by molar-refractivity contribution is 0.189. The van der Waals surface area contributed by atoms with E-state index >= 15 is 0 Å². The van der Waals surface area contributed by atoms with Crippen LogP contribution in [0.4, 0.5) is 4.79 Å². The summed E-state index contributed by atoms with van der Waals surface area (Å²) < 4.78 is 1.91. The summed E-state index contributed by atoms with van der Waals surface area (Å²) in [7, 11) is 3.75. The van der Waals surface area contributed by atoms with Crippen LogP contribution in [0.3, 0.4) is 0 Å². The van der Waals surface area contributed by atoms with Crippen molar-refractivity contribution in [2.45, 2.75) is 38.3 Å². The van der Waals surface area contributed by atoms with Crippen LogP contribution in [0.25, 0.3) is 0 Å².